The van der Waals surface area contributed by atoms with Gasteiger partial charge in [0, 0.05) is 43.0 Å². The van der Waals surface area contributed by atoms with Gasteiger partial charge in [-0.05, 0) is 23.1 Å². The van der Waals surface area contributed by atoms with Crippen molar-refractivity contribution in [3.8, 4) is 0 Å². The van der Waals surface area contributed by atoms with Crippen molar-refractivity contribution < 1.29 is 4.79 Å². The number of aromatic nitrogens is 1. The molecule has 0 fully saturated rings. The number of nitrogens with zero attached hydrogens (tertiary/aromatic N) is 1. The fourth-order valence-electron chi connectivity index (χ4n) is 3.32. The highest BCUT2D eigenvalue weighted by Gasteiger charge is 2.22. The van der Waals surface area contributed by atoms with Crippen LogP contribution in [0, 0.1) is 5.92 Å². The number of fused-ring (bicyclic) bond motifs is 1. The Bertz CT molecular complexity index is 849. The average molecular weight is 334 g/mol. The fraction of sp³-hybridized carbons (Fsp3) is 0.318. The molecule has 0 saturated heterocycles. The van der Waals surface area contributed by atoms with Crippen LogP contribution in [0.15, 0.2) is 60.8 Å². The maximum absolute atomic E-state index is 12.5. The summed E-state index contributed by atoms with van der Waals surface area (Å²) in [5.74, 6) is 0.617. The lowest BCUT2D eigenvalue weighted by atomic mass is 9.88. The van der Waals surface area contributed by atoms with Crippen molar-refractivity contribution >= 4 is 16.8 Å². The van der Waals surface area contributed by atoms with Crippen LogP contribution in [0.1, 0.15) is 37.3 Å². The Labute approximate surface area is 149 Å². The van der Waals surface area contributed by atoms with E-state index < -0.39 is 0 Å². The van der Waals surface area contributed by atoms with E-state index in [0.29, 0.717) is 12.3 Å². The molecule has 3 aromatic rings. The first-order valence-electron chi connectivity index (χ1n) is 8.92. The molecular weight excluding hydrogens is 308 g/mol. The SMILES string of the molecule is CC(C)CNC(=O)CC(c1ccccc1)c1cn(C)c2ccccc12. The average Bonchev–Trinajstić information content (AvgIpc) is 2.96. The van der Waals surface area contributed by atoms with E-state index in [9.17, 15) is 4.79 Å². The van der Waals surface area contributed by atoms with Crippen LogP contribution in [0.5, 0.6) is 0 Å². The zero-order chi connectivity index (χ0) is 17.8. The van der Waals surface area contributed by atoms with E-state index in [1.807, 2.05) is 18.2 Å². The zero-order valence-electron chi connectivity index (χ0n) is 15.2. The summed E-state index contributed by atoms with van der Waals surface area (Å²) in [7, 11) is 2.06. The summed E-state index contributed by atoms with van der Waals surface area (Å²) in [5.41, 5.74) is 3.59. The molecule has 1 amide bonds. The van der Waals surface area contributed by atoms with Gasteiger partial charge in [-0.1, -0.05) is 62.4 Å². The molecule has 0 radical (unpaired) electrons. The Kier molecular flexibility index (Phi) is 5.22. The lowest BCUT2D eigenvalue weighted by molar-refractivity contribution is -0.121. The second-order valence-electron chi connectivity index (χ2n) is 7.08. The number of hydrogen-bond donors (Lipinski definition) is 1. The minimum Gasteiger partial charge on any atom is -0.356 e. The highest BCUT2D eigenvalue weighted by atomic mass is 16.1. The maximum atomic E-state index is 12.5. The summed E-state index contributed by atoms with van der Waals surface area (Å²) in [6, 6.07) is 18.7. The molecule has 1 unspecified atom stereocenters. The molecular formula is C22H26N2O. The molecule has 0 aliphatic rings. The molecule has 1 aromatic heterocycles. The third kappa shape index (κ3) is 3.93. The van der Waals surface area contributed by atoms with E-state index in [2.05, 4.69) is 73.4 Å². The van der Waals surface area contributed by atoms with Gasteiger partial charge in [-0.15, -0.1) is 0 Å². The molecule has 0 aliphatic carbocycles. The van der Waals surface area contributed by atoms with E-state index in [1.165, 1.54) is 22.0 Å². The minimum atomic E-state index is 0.0551. The molecule has 3 nitrogen and oxygen atoms in total. The second-order valence-corrected chi connectivity index (χ2v) is 7.08. The molecule has 1 N–H and O–H groups in total. The van der Waals surface area contributed by atoms with E-state index in [4.69, 9.17) is 0 Å². The Hall–Kier alpha value is -2.55. The number of carbonyl (C=O) groups is 1. The smallest absolute Gasteiger partial charge is 0.220 e. The van der Waals surface area contributed by atoms with E-state index >= 15 is 0 Å². The topological polar surface area (TPSA) is 34.0 Å². The molecule has 0 aliphatic heterocycles. The van der Waals surface area contributed by atoms with Crippen molar-refractivity contribution in [2.24, 2.45) is 13.0 Å². The number of aryl methyl sites for hydroxylation is 1. The van der Waals surface area contributed by atoms with E-state index in [-0.39, 0.29) is 11.8 Å². The summed E-state index contributed by atoms with van der Waals surface area (Å²) in [6.45, 7) is 4.94. The standard InChI is InChI=1S/C22H26N2O/c1-16(2)14-23-22(25)13-19(17-9-5-4-6-10-17)20-15-24(3)21-12-8-7-11-18(20)21/h4-12,15-16,19H,13-14H2,1-3H3,(H,23,25). The molecule has 0 spiro atoms. The van der Waals surface area contributed by atoms with Crippen LogP contribution in [-0.2, 0) is 11.8 Å². The lowest BCUT2D eigenvalue weighted by Gasteiger charge is -2.18. The maximum Gasteiger partial charge on any atom is 0.220 e. The van der Waals surface area contributed by atoms with Crippen molar-refractivity contribution in [1.29, 1.82) is 0 Å². The van der Waals surface area contributed by atoms with Gasteiger partial charge < -0.3 is 9.88 Å². The Balaban J connectivity index is 1.98. The van der Waals surface area contributed by atoms with Gasteiger partial charge >= 0.3 is 0 Å². The van der Waals surface area contributed by atoms with Gasteiger partial charge in [-0.2, -0.15) is 0 Å². The molecule has 0 bridgehead atoms. The van der Waals surface area contributed by atoms with Gasteiger partial charge in [0.25, 0.3) is 0 Å². The normalized spacial score (nSPS) is 12.5. The van der Waals surface area contributed by atoms with Crippen LogP contribution in [0.2, 0.25) is 0 Å². The van der Waals surface area contributed by atoms with E-state index in [0.717, 1.165) is 6.54 Å². The molecule has 25 heavy (non-hydrogen) atoms. The molecule has 1 heterocycles. The number of benzene rings is 2. The Morgan fingerprint density at radius 1 is 1.04 bits per heavy atom. The first-order valence-corrected chi connectivity index (χ1v) is 8.92. The van der Waals surface area contributed by atoms with Crippen LogP contribution in [0.25, 0.3) is 10.9 Å². The van der Waals surface area contributed by atoms with Crippen LogP contribution in [0.4, 0.5) is 0 Å². The highest BCUT2D eigenvalue weighted by molar-refractivity contribution is 5.86. The largest absolute Gasteiger partial charge is 0.356 e. The first kappa shape index (κ1) is 17.3. The Morgan fingerprint density at radius 3 is 2.44 bits per heavy atom. The molecule has 2 aromatic carbocycles. The van der Waals surface area contributed by atoms with Gasteiger partial charge in [-0.3, -0.25) is 4.79 Å². The quantitative estimate of drug-likeness (QED) is 0.709. The lowest BCUT2D eigenvalue weighted by Crippen LogP contribution is -2.28. The van der Waals surface area contributed by atoms with Gasteiger partial charge in [0.05, 0.1) is 0 Å². The predicted octanol–water partition coefficient (Wildman–Crippen LogP) is 4.47. The number of para-hydroxylation sites is 1. The van der Waals surface area contributed by atoms with Crippen LogP contribution in [0.3, 0.4) is 0 Å². The molecule has 3 rings (SSSR count). The van der Waals surface area contributed by atoms with Crippen molar-refractivity contribution in [3.63, 3.8) is 0 Å². The zero-order valence-corrected chi connectivity index (χ0v) is 15.2. The number of rotatable bonds is 6. The van der Waals surface area contributed by atoms with Crippen molar-refractivity contribution in [2.45, 2.75) is 26.2 Å². The summed E-state index contributed by atoms with van der Waals surface area (Å²) in [4.78, 5) is 12.5. The van der Waals surface area contributed by atoms with Gasteiger partial charge in [0.2, 0.25) is 5.91 Å². The van der Waals surface area contributed by atoms with Crippen LogP contribution < -0.4 is 5.32 Å². The first-order chi connectivity index (χ1) is 12.1. The molecule has 130 valence electrons. The minimum absolute atomic E-state index is 0.0551. The third-order valence-electron chi connectivity index (χ3n) is 4.60. The summed E-state index contributed by atoms with van der Waals surface area (Å²) in [5, 5.41) is 4.28. The summed E-state index contributed by atoms with van der Waals surface area (Å²) < 4.78 is 2.15. The number of hydrogen-bond acceptors (Lipinski definition) is 1. The monoisotopic (exact) mass is 334 g/mol. The van der Waals surface area contributed by atoms with E-state index in [1.54, 1.807) is 0 Å². The summed E-state index contributed by atoms with van der Waals surface area (Å²) >= 11 is 0. The number of carbonyl (C=O) groups excluding carboxylic acids is 1. The van der Waals surface area contributed by atoms with Crippen molar-refractivity contribution in [3.05, 3.63) is 71.9 Å². The van der Waals surface area contributed by atoms with Gasteiger partial charge in [0.15, 0.2) is 0 Å². The highest BCUT2D eigenvalue weighted by Crippen LogP contribution is 2.34. The number of amides is 1. The molecule has 1 atom stereocenters. The fourth-order valence-corrected chi connectivity index (χ4v) is 3.32. The Morgan fingerprint density at radius 2 is 1.72 bits per heavy atom. The summed E-state index contributed by atoms with van der Waals surface area (Å²) in [6.07, 6.45) is 2.63. The molecule has 0 saturated carbocycles. The second kappa shape index (κ2) is 7.56. The molecule has 3 heteroatoms. The van der Waals surface area contributed by atoms with Crippen molar-refractivity contribution in [1.82, 2.24) is 9.88 Å². The van der Waals surface area contributed by atoms with Crippen molar-refractivity contribution in [2.75, 3.05) is 6.54 Å². The van der Waals surface area contributed by atoms with Crippen LogP contribution >= 0.6 is 0 Å². The number of nitrogens with one attached hydrogen (secondary N) is 1. The third-order valence-corrected chi connectivity index (χ3v) is 4.60. The van der Waals surface area contributed by atoms with Gasteiger partial charge in [0.1, 0.15) is 0 Å². The van der Waals surface area contributed by atoms with Gasteiger partial charge in [-0.25, -0.2) is 0 Å². The van der Waals surface area contributed by atoms with Crippen LogP contribution in [-0.4, -0.2) is 17.0 Å². The predicted molar refractivity (Wildman–Crippen MR) is 104 cm³/mol.